The molecule has 0 unspecified atom stereocenters. The summed E-state index contributed by atoms with van der Waals surface area (Å²) in [6.45, 7) is 1.44. The van der Waals surface area contributed by atoms with Crippen LogP contribution >= 0.6 is 0 Å². The van der Waals surface area contributed by atoms with Crippen molar-refractivity contribution in [1.82, 2.24) is 9.80 Å². The number of ether oxygens (including phenoxy) is 1. The SMILES string of the molecule is C[C@@H](C(N)=O)N(C(=O)Cc1cc(F)cc(F)c1)[C@@H]1C(=O)N(C)[C@@H]2CCCC[C@H]2O[C@@H]1c1ccccc1. The summed E-state index contributed by atoms with van der Waals surface area (Å²) in [5.41, 5.74) is 6.39. The molecule has 1 saturated heterocycles. The quantitative estimate of drug-likeness (QED) is 0.661. The minimum absolute atomic E-state index is 0.0828. The third-order valence-electron chi connectivity index (χ3n) is 7.20. The molecule has 2 aromatic carbocycles. The van der Waals surface area contributed by atoms with Gasteiger partial charge in [0.2, 0.25) is 17.7 Å². The zero-order valence-corrected chi connectivity index (χ0v) is 20.4. The summed E-state index contributed by atoms with van der Waals surface area (Å²) >= 11 is 0. The Balaban J connectivity index is 1.80. The highest BCUT2D eigenvalue weighted by Crippen LogP contribution is 2.38. The first-order chi connectivity index (χ1) is 17.2. The maximum absolute atomic E-state index is 14.0. The summed E-state index contributed by atoms with van der Waals surface area (Å²) in [5.74, 6) is -3.49. The molecular weight excluding hydrogens is 468 g/mol. The van der Waals surface area contributed by atoms with E-state index in [4.69, 9.17) is 10.5 Å². The van der Waals surface area contributed by atoms with Crippen LogP contribution in [0.25, 0.3) is 0 Å². The van der Waals surface area contributed by atoms with Crippen LogP contribution in [-0.4, -0.2) is 58.8 Å². The van der Waals surface area contributed by atoms with Gasteiger partial charge in [0.15, 0.2) is 0 Å². The van der Waals surface area contributed by atoms with Crippen LogP contribution in [0, 0.1) is 11.6 Å². The Morgan fingerprint density at radius 1 is 1.11 bits per heavy atom. The predicted molar refractivity (Wildman–Crippen MR) is 128 cm³/mol. The zero-order chi connectivity index (χ0) is 26.0. The third kappa shape index (κ3) is 5.26. The molecule has 2 N–H and O–H groups in total. The Bertz CT molecular complexity index is 1110. The molecule has 4 rings (SSSR count). The highest BCUT2D eigenvalue weighted by Gasteiger charge is 2.49. The van der Waals surface area contributed by atoms with Gasteiger partial charge in [0, 0.05) is 13.1 Å². The van der Waals surface area contributed by atoms with E-state index in [1.165, 1.54) is 6.92 Å². The molecule has 2 fully saturated rings. The number of halogens is 2. The molecule has 1 saturated carbocycles. The van der Waals surface area contributed by atoms with Crippen molar-refractivity contribution >= 4 is 17.7 Å². The molecule has 5 atom stereocenters. The van der Waals surface area contributed by atoms with Gasteiger partial charge in [-0.1, -0.05) is 43.2 Å². The minimum atomic E-state index is -1.20. The van der Waals surface area contributed by atoms with Gasteiger partial charge in [0.1, 0.15) is 29.8 Å². The minimum Gasteiger partial charge on any atom is -0.368 e. The molecule has 1 aliphatic heterocycles. The number of rotatable bonds is 6. The van der Waals surface area contributed by atoms with Crippen LogP contribution in [-0.2, 0) is 25.5 Å². The summed E-state index contributed by atoms with van der Waals surface area (Å²) in [5, 5.41) is 0. The number of amides is 3. The topological polar surface area (TPSA) is 92.9 Å². The number of primary amides is 1. The molecule has 1 aliphatic carbocycles. The Labute approximate surface area is 209 Å². The summed E-state index contributed by atoms with van der Waals surface area (Å²) in [6.07, 6.45) is 1.93. The van der Waals surface area contributed by atoms with E-state index in [0.29, 0.717) is 11.6 Å². The molecule has 2 aliphatic rings. The van der Waals surface area contributed by atoms with Crippen molar-refractivity contribution in [2.45, 2.75) is 69.4 Å². The second-order valence-electron chi connectivity index (χ2n) is 9.59. The van der Waals surface area contributed by atoms with Gasteiger partial charge in [-0.3, -0.25) is 14.4 Å². The number of carbonyl (C=O) groups excluding carboxylic acids is 3. The number of carbonyl (C=O) groups is 3. The van der Waals surface area contributed by atoms with E-state index in [9.17, 15) is 23.2 Å². The lowest BCUT2D eigenvalue weighted by Crippen LogP contribution is -2.59. The average molecular weight is 500 g/mol. The van der Waals surface area contributed by atoms with Crippen LogP contribution in [0.2, 0.25) is 0 Å². The van der Waals surface area contributed by atoms with E-state index in [1.54, 1.807) is 11.9 Å². The van der Waals surface area contributed by atoms with Gasteiger partial charge in [-0.2, -0.15) is 0 Å². The van der Waals surface area contributed by atoms with E-state index in [1.807, 2.05) is 30.3 Å². The van der Waals surface area contributed by atoms with E-state index in [2.05, 4.69) is 0 Å². The maximum Gasteiger partial charge on any atom is 0.248 e. The lowest BCUT2D eigenvalue weighted by Gasteiger charge is -2.38. The maximum atomic E-state index is 14.0. The first kappa shape index (κ1) is 25.8. The highest BCUT2D eigenvalue weighted by atomic mass is 19.1. The van der Waals surface area contributed by atoms with Gasteiger partial charge >= 0.3 is 0 Å². The van der Waals surface area contributed by atoms with Crippen LogP contribution in [0.1, 0.15) is 49.8 Å². The van der Waals surface area contributed by atoms with Crippen molar-refractivity contribution in [3.05, 3.63) is 71.3 Å². The molecule has 3 amide bonds. The number of fused-ring (bicyclic) bond motifs is 1. The zero-order valence-electron chi connectivity index (χ0n) is 20.4. The molecule has 7 nitrogen and oxygen atoms in total. The van der Waals surface area contributed by atoms with Gasteiger partial charge in [-0.15, -0.1) is 0 Å². The molecule has 192 valence electrons. The Kier molecular flexibility index (Phi) is 7.68. The number of nitrogens with zero attached hydrogens (tertiary/aromatic N) is 2. The molecule has 2 aromatic rings. The molecule has 36 heavy (non-hydrogen) atoms. The van der Waals surface area contributed by atoms with Crippen molar-refractivity contribution in [1.29, 1.82) is 0 Å². The number of likely N-dealkylation sites (N-methyl/N-ethyl adjacent to an activating group) is 1. The predicted octanol–water partition coefficient (Wildman–Crippen LogP) is 3.12. The van der Waals surface area contributed by atoms with Crippen molar-refractivity contribution < 1.29 is 27.9 Å². The molecule has 1 heterocycles. The summed E-state index contributed by atoms with van der Waals surface area (Å²) < 4.78 is 34.2. The number of nitrogens with two attached hydrogens (primary N) is 1. The molecule has 9 heteroatoms. The van der Waals surface area contributed by atoms with Gasteiger partial charge in [-0.25, -0.2) is 8.78 Å². The largest absolute Gasteiger partial charge is 0.368 e. The van der Waals surface area contributed by atoms with Crippen LogP contribution in [0.4, 0.5) is 8.78 Å². The normalized spacial score (nSPS) is 25.0. The summed E-state index contributed by atoms with van der Waals surface area (Å²) in [7, 11) is 1.69. The fourth-order valence-electron chi connectivity index (χ4n) is 5.34. The summed E-state index contributed by atoms with van der Waals surface area (Å²) in [4.78, 5) is 42.8. The van der Waals surface area contributed by atoms with Crippen LogP contribution in [0.5, 0.6) is 0 Å². The van der Waals surface area contributed by atoms with Crippen molar-refractivity contribution in [3.8, 4) is 0 Å². The Morgan fingerprint density at radius 2 is 1.75 bits per heavy atom. The van der Waals surface area contributed by atoms with E-state index in [0.717, 1.165) is 42.7 Å². The number of hydrogen-bond acceptors (Lipinski definition) is 4. The number of hydrogen-bond donors (Lipinski definition) is 1. The standard InChI is InChI=1S/C27H31F2N3O4/c1-16(26(30)34)32(23(33)14-17-12-19(28)15-20(29)13-17)24-25(18-8-4-3-5-9-18)36-22-11-7-6-10-21(22)31(2)27(24)35/h3-5,8-9,12-13,15-16,21-22,24-25H,6-7,10-11,14H2,1-2H3,(H2,30,34)/t16-,21+,22+,24-,25+/m0/s1. The third-order valence-corrected chi connectivity index (χ3v) is 7.20. The first-order valence-corrected chi connectivity index (χ1v) is 12.2. The van der Waals surface area contributed by atoms with E-state index in [-0.39, 0.29) is 23.6 Å². The molecule has 0 radical (unpaired) electrons. The fourth-order valence-corrected chi connectivity index (χ4v) is 5.34. The van der Waals surface area contributed by atoms with E-state index >= 15 is 0 Å². The van der Waals surface area contributed by atoms with Crippen LogP contribution in [0.15, 0.2) is 48.5 Å². The van der Waals surface area contributed by atoms with Gasteiger partial charge < -0.3 is 20.3 Å². The van der Waals surface area contributed by atoms with Gasteiger partial charge in [0.05, 0.1) is 18.6 Å². The smallest absolute Gasteiger partial charge is 0.248 e. The monoisotopic (exact) mass is 499 g/mol. The average Bonchev–Trinajstić information content (AvgIpc) is 2.94. The van der Waals surface area contributed by atoms with Crippen molar-refractivity contribution in [3.63, 3.8) is 0 Å². The lowest BCUT2D eigenvalue weighted by molar-refractivity contribution is -0.154. The lowest BCUT2D eigenvalue weighted by atomic mass is 9.91. The van der Waals surface area contributed by atoms with Crippen molar-refractivity contribution in [2.75, 3.05) is 7.05 Å². The van der Waals surface area contributed by atoms with Gasteiger partial charge in [0.25, 0.3) is 0 Å². The molecule has 0 aromatic heterocycles. The highest BCUT2D eigenvalue weighted by molar-refractivity contribution is 5.93. The summed E-state index contributed by atoms with van der Waals surface area (Å²) in [6, 6.07) is 9.36. The second-order valence-corrected chi connectivity index (χ2v) is 9.59. The molecular formula is C27H31F2N3O4. The Hall–Kier alpha value is -3.33. The molecule has 0 spiro atoms. The molecule has 0 bridgehead atoms. The van der Waals surface area contributed by atoms with Gasteiger partial charge in [-0.05, 0) is 43.0 Å². The van der Waals surface area contributed by atoms with Crippen molar-refractivity contribution in [2.24, 2.45) is 5.73 Å². The van der Waals surface area contributed by atoms with Crippen LogP contribution in [0.3, 0.4) is 0 Å². The Morgan fingerprint density at radius 3 is 2.39 bits per heavy atom. The second kappa shape index (κ2) is 10.7. The first-order valence-electron chi connectivity index (χ1n) is 12.2. The fraction of sp³-hybridized carbons (Fsp3) is 0.444. The number of benzene rings is 2. The van der Waals surface area contributed by atoms with E-state index < -0.39 is 48.1 Å². The van der Waals surface area contributed by atoms with Crippen LogP contribution < -0.4 is 5.73 Å².